The van der Waals surface area contributed by atoms with Crippen molar-refractivity contribution in [2.24, 2.45) is 0 Å². The lowest BCUT2D eigenvalue weighted by Crippen LogP contribution is -2.41. The highest BCUT2D eigenvalue weighted by Crippen LogP contribution is 2.22. The molecule has 0 heterocycles. The van der Waals surface area contributed by atoms with Crippen LogP contribution in [0.1, 0.15) is 297 Å². The van der Waals surface area contributed by atoms with E-state index in [-0.39, 0.29) is 0 Å². The van der Waals surface area contributed by atoms with Crippen molar-refractivity contribution in [3.05, 3.63) is 72.9 Å². The molecule has 0 radical (unpaired) electrons. The molecule has 0 unspecified atom stereocenters. The lowest BCUT2D eigenvalue weighted by atomic mass is 9.97. The Balaban J connectivity index is 4.81. The molecule has 67 heavy (non-hydrogen) atoms. The summed E-state index contributed by atoms with van der Waals surface area (Å²) in [7, 11) is 4.34. The van der Waals surface area contributed by atoms with E-state index in [1.807, 2.05) is 0 Å². The Morgan fingerprint density at radius 3 is 1.01 bits per heavy atom. The molecule has 0 rings (SSSR count). The number of rotatable bonds is 53. The first-order valence-corrected chi connectivity index (χ1v) is 29.9. The third-order valence-corrected chi connectivity index (χ3v) is 13.6. The fourth-order valence-electron chi connectivity index (χ4n) is 9.18. The molecule has 3 nitrogen and oxygen atoms in total. The van der Waals surface area contributed by atoms with Crippen molar-refractivity contribution in [2.75, 3.05) is 27.2 Å². The highest BCUT2D eigenvalue weighted by atomic mass is 16.2. The van der Waals surface area contributed by atoms with Crippen LogP contribution in [0.5, 0.6) is 0 Å². The SMILES string of the molecule is CCCCC/C=C\C/C=C\CCCCCCCCC(CCCCCCCC/C=C\C/C=C\CCCCC)N(CCCN(C)C)C(=O)CCCCCCCCC/C=C\CC/C=C\CCCCCC. The molecule has 390 valence electrons. The number of hydrogen-bond donors (Lipinski definition) is 0. The zero-order chi connectivity index (χ0) is 48.6. The van der Waals surface area contributed by atoms with Crippen molar-refractivity contribution >= 4 is 5.91 Å². The maximum atomic E-state index is 14.1. The quantitative estimate of drug-likeness (QED) is 0.0448. The highest BCUT2D eigenvalue weighted by molar-refractivity contribution is 5.76. The molecule has 3 heteroatoms. The molecule has 0 N–H and O–H groups in total. The standard InChI is InChI=1S/C64H118N2O/c1-6-9-12-15-18-21-24-27-30-33-34-35-38-41-44-47-50-53-56-60-64(67)66(62-57-61-65(4)5)63(58-54-51-48-45-42-39-36-31-28-25-22-19-16-13-10-7-2)59-55-52-49-46-43-40-37-32-29-26-23-20-17-14-11-8-3/h19-24,28-29,31-34,63H,6-18,25-27,30,35-62H2,1-5H3/b22-19-,23-20-,24-21-,31-28-,32-29-,34-33-. The number of hydrogen-bond acceptors (Lipinski definition) is 2. The lowest BCUT2D eigenvalue weighted by Gasteiger charge is -2.33. The highest BCUT2D eigenvalue weighted by Gasteiger charge is 2.23. The Labute approximate surface area is 421 Å². The van der Waals surface area contributed by atoms with E-state index in [1.54, 1.807) is 0 Å². The van der Waals surface area contributed by atoms with Crippen LogP contribution in [-0.2, 0) is 4.79 Å². The summed E-state index contributed by atoms with van der Waals surface area (Å²) >= 11 is 0. The summed E-state index contributed by atoms with van der Waals surface area (Å²) in [5.41, 5.74) is 0. The average Bonchev–Trinajstić information content (AvgIpc) is 3.32. The van der Waals surface area contributed by atoms with Crippen LogP contribution >= 0.6 is 0 Å². The smallest absolute Gasteiger partial charge is 0.222 e. The summed E-state index contributed by atoms with van der Waals surface area (Å²) in [6.07, 6.45) is 82.7. The zero-order valence-electron chi connectivity index (χ0n) is 46.1. The average molecular weight is 932 g/mol. The van der Waals surface area contributed by atoms with Crippen LogP contribution in [0.15, 0.2) is 72.9 Å². The second-order valence-electron chi connectivity index (χ2n) is 20.5. The topological polar surface area (TPSA) is 23.6 Å². The van der Waals surface area contributed by atoms with Crippen LogP contribution in [0.4, 0.5) is 0 Å². The number of allylic oxidation sites excluding steroid dienone is 12. The van der Waals surface area contributed by atoms with Gasteiger partial charge in [0, 0.05) is 19.0 Å². The van der Waals surface area contributed by atoms with E-state index in [0.29, 0.717) is 11.9 Å². The molecule has 0 spiro atoms. The number of nitrogens with zero attached hydrogens (tertiary/aromatic N) is 2. The van der Waals surface area contributed by atoms with E-state index in [4.69, 9.17) is 0 Å². The number of amides is 1. The van der Waals surface area contributed by atoms with Gasteiger partial charge in [-0.05, 0) is 149 Å². The molecule has 0 aromatic heterocycles. The Morgan fingerprint density at radius 1 is 0.328 bits per heavy atom. The first-order chi connectivity index (χ1) is 33.1. The van der Waals surface area contributed by atoms with Gasteiger partial charge in [0.25, 0.3) is 0 Å². The molecule has 1 amide bonds. The summed E-state index contributed by atoms with van der Waals surface area (Å²) < 4.78 is 0. The molecule has 0 bridgehead atoms. The molecule has 0 aliphatic heterocycles. The first-order valence-electron chi connectivity index (χ1n) is 29.9. The van der Waals surface area contributed by atoms with E-state index in [0.717, 1.165) is 45.2 Å². The molecular formula is C64H118N2O. The van der Waals surface area contributed by atoms with Gasteiger partial charge in [0.05, 0.1) is 0 Å². The van der Waals surface area contributed by atoms with Gasteiger partial charge >= 0.3 is 0 Å². The molecule has 0 fully saturated rings. The Hall–Kier alpha value is -2.13. The Bertz CT molecular complexity index is 1110. The van der Waals surface area contributed by atoms with Gasteiger partial charge in [0.1, 0.15) is 0 Å². The summed E-state index contributed by atoms with van der Waals surface area (Å²) in [5, 5.41) is 0. The van der Waals surface area contributed by atoms with Crippen molar-refractivity contribution in [3.8, 4) is 0 Å². The summed E-state index contributed by atoms with van der Waals surface area (Å²) in [4.78, 5) is 18.7. The molecule has 0 atom stereocenters. The largest absolute Gasteiger partial charge is 0.340 e. The van der Waals surface area contributed by atoms with Crippen LogP contribution in [-0.4, -0.2) is 48.9 Å². The van der Waals surface area contributed by atoms with E-state index in [1.165, 1.54) is 244 Å². The Kier molecular flexibility index (Phi) is 54.7. The van der Waals surface area contributed by atoms with E-state index < -0.39 is 0 Å². The van der Waals surface area contributed by atoms with Gasteiger partial charge in [-0.2, -0.15) is 0 Å². The molecule has 0 aliphatic carbocycles. The van der Waals surface area contributed by atoms with Crippen molar-refractivity contribution < 1.29 is 4.79 Å². The van der Waals surface area contributed by atoms with Gasteiger partial charge in [-0.1, -0.05) is 235 Å². The van der Waals surface area contributed by atoms with E-state index in [2.05, 4.69) is 118 Å². The van der Waals surface area contributed by atoms with Crippen LogP contribution in [0.25, 0.3) is 0 Å². The summed E-state index contributed by atoms with van der Waals surface area (Å²) in [6, 6.07) is 0.414. The predicted molar refractivity (Wildman–Crippen MR) is 304 cm³/mol. The molecule has 0 aliphatic rings. The van der Waals surface area contributed by atoms with Gasteiger partial charge < -0.3 is 9.80 Å². The minimum Gasteiger partial charge on any atom is -0.340 e. The third kappa shape index (κ3) is 51.5. The van der Waals surface area contributed by atoms with Crippen LogP contribution in [0.2, 0.25) is 0 Å². The normalized spacial score (nSPS) is 12.5. The molecular weight excluding hydrogens is 813 g/mol. The second kappa shape index (κ2) is 56.5. The van der Waals surface area contributed by atoms with Gasteiger partial charge in [-0.25, -0.2) is 0 Å². The van der Waals surface area contributed by atoms with Crippen LogP contribution < -0.4 is 0 Å². The number of unbranched alkanes of at least 4 members (excludes halogenated alkanes) is 30. The minimum atomic E-state index is 0.414. The van der Waals surface area contributed by atoms with Gasteiger partial charge in [-0.15, -0.1) is 0 Å². The third-order valence-electron chi connectivity index (χ3n) is 13.6. The molecule has 0 saturated carbocycles. The Morgan fingerprint density at radius 2 is 0.627 bits per heavy atom. The van der Waals surface area contributed by atoms with Gasteiger partial charge in [0.15, 0.2) is 0 Å². The van der Waals surface area contributed by atoms with Gasteiger partial charge in [-0.3, -0.25) is 4.79 Å². The maximum absolute atomic E-state index is 14.1. The maximum Gasteiger partial charge on any atom is 0.222 e. The van der Waals surface area contributed by atoms with Crippen molar-refractivity contribution in [3.63, 3.8) is 0 Å². The van der Waals surface area contributed by atoms with Gasteiger partial charge in [0.2, 0.25) is 5.91 Å². The van der Waals surface area contributed by atoms with Crippen molar-refractivity contribution in [1.29, 1.82) is 0 Å². The fourth-order valence-corrected chi connectivity index (χ4v) is 9.18. The monoisotopic (exact) mass is 931 g/mol. The summed E-state index contributed by atoms with van der Waals surface area (Å²) in [6.45, 7) is 8.81. The zero-order valence-corrected chi connectivity index (χ0v) is 46.1. The fraction of sp³-hybridized carbons (Fsp3) is 0.797. The van der Waals surface area contributed by atoms with E-state index >= 15 is 0 Å². The first kappa shape index (κ1) is 64.9. The molecule has 0 saturated heterocycles. The van der Waals surface area contributed by atoms with Crippen molar-refractivity contribution in [2.45, 2.75) is 303 Å². The molecule has 0 aromatic carbocycles. The minimum absolute atomic E-state index is 0.414. The van der Waals surface area contributed by atoms with E-state index in [9.17, 15) is 4.79 Å². The number of carbonyl (C=O) groups is 1. The number of carbonyl (C=O) groups excluding carboxylic acids is 1. The predicted octanol–water partition coefficient (Wildman–Crippen LogP) is 20.9. The molecule has 0 aromatic rings. The summed E-state index contributed by atoms with van der Waals surface area (Å²) in [5.74, 6) is 0.443. The second-order valence-corrected chi connectivity index (χ2v) is 20.5. The van der Waals surface area contributed by atoms with Crippen molar-refractivity contribution in [1.82, 2.24) is 9.80 Å². The lowest BCUT2D eigenvalue weighted by molar-refractivity contribution is -0.134. The van der Waals surface area contributed by atoms with Crippen LogP contribution in [0, 0.1) is 0 Å². The van der Waals surface area contributed by atoms with Crippen LogP contribution in [0.3, 0.4) is 0 Å².